The second kappa shape index (κ2) is 5.98. The summed E-state index contributed by atoms with van der Waals surface area (Å²) in [4.78, 5) is 0. The maximum absolute atomic E-state index is 11.7. The molecule has 0 N–H and O–H groups in total. The Hall–Kier alpha value is 0.610. The lowest BCUT2D eigenvalue weighted by Gasteiger charge is -2.23. The number of rotatable bonds is 1. The molecule has 0 aromatic heterocycles. The van der Waals surface area contributed by atoms with Crippen molar-refractivity contribution in [2.75, 3.05) is 41.1 Å². The predicted octanol–water partition coefficient (Wildman–Crippen LogP) is 1.29. The molecule has 1 atom stereocenters. The summed E-state index contributed by atoms with van der Waals surface area (Å²) < 4.78 is 29.2. The van der Waals surface area contributed by atoms with Crippen molar-refractivity contribution in [3.63, 3.8) is 0 Å². The van der Waals surface area contributed by atoms with Gasteiger partial charge in [0.25, 0.3) is 0 Å². The first-order chi connectivity index (χ1) is 7.67. The largest absolute Gasteiger partial charge is 0.377 e. The highest BCUT2D eigenvalue weighted by Crippen LogP contribution is 2.27. The van der Waals surface area contributed by atoms with Crippen LogP contribution in [0.5, 0.6) is 0 Å². The van der Waals surface area contributed by atoms with Crippen LogP contribution in [0, 0.1) is 5.92 Å². The summed E-state index contributed by atoms with van der Waals surface area (Å²) in [6, 6.07) is 0. The molecule has 2 fully saturated rings. The van der Waals surface area contributed by atoms with E-state index >= 15 is 0 Å². The van der Waals surface area contributed by atoms with Crippen molar-refractivity contribution in [3.8, 4) is 0 Å². The molecule has 1 unspecified atom stereocenters. The molecule has 2 aliphatic rings. The van der Waals surface area contributed by atoms with E-state index in [-0.39, 0.29) is 11.9 Å². The Morgan fingerprint density at radius 1 is 1.12 bits per heavy atom. The van der Waals surface area contributed by atoms with Gasteiger partial charge < -0.3 is 4.74 Å². The van der Waals surface area contributed by atoms with Crippen molar-refractivity contribution in [2.24, 2.45) is 5.92 Å². The normalized spacial score (nSPS) is 32.9. The Kier molecular flexibility index (Phi) is 4.88. The average molecular weight is 282 g/mol. The molecule has 2 aliphatic heterocycles. The van der Waals surface area contributed by atoms with Gasteiger partial charge in [0.05, 0.1) is 17.6 Å². The zero-order valence-corrected chi connectivity index (χ0v) is 11.7. The van der Waals surface area contributed by atoms with Crippen LogP contribution in [0.3, 0.4) is 0 Å². The van der Waals surface area contributed by atoms with E-state index in [4.69, 9.17) is 4.74 Å². The van der Waals surface area contributed by atoms with E-state index < -0.39 is 9.84 Å². The van der Waals surface area contributed by atoms with Crippen LogP contribution >= 0.6 is 23.5 Å². The molecule has 2 rings (SSSR count). The van der Waals surface area contributed by atoms with Crippen molar-refractivity contribution in [3.05, 3.63) is 0 Å². The molecule has 16 heavy (non-hydrogen) atoms. The van der Waals surface area contributed by atoms with E-state index in [1.165, 1.54) is 11.5 Å². The Bertz CT molecular complexity index is 307. The van der Waals surface area contributed by atoms with Gasteiger partial charge in [0.2, 0.25) is 0 Å². The SMILES string of the molecule is O=S1(=O)CCCOC(C2CSCCSC2)C1. The van der Waals surface area contributed by atoms with Gasteiger partial charge in [0, 0.05) is 24.0 Å². The second-order valence-electron chi connectivity index (χ2n) is 4.29. The standard InChI is InChI=1S/C10H18O3S3/c11-16(12)5-1-2-13-10(8-16)9-6-14-3-4-15-7-9/h9-10H,1-8H2. The molecule has 0 bridgehead atoms. The average Bonchev–Trinajstić information content (AvgIpc) is 2.57. The number of ether oxygens (including phenoxy) is 1. The Balaban J connectivity index is 2.00. The third-order valence-electron chi connectivity index (χ3n) is 2.91. The molecule has 0 aliphatic carbocycles. The molecule has 0 radical (unpaired) electrons. The van der Waals surface area contributed by atoms with Gasteiger partial charge in [0.15, 0.2) is 9.84 Å². The summed E-state index contributed by atoms with van der Waals surface area (Å²) in [5.41, 5.74) is 0. The second-order valence-corrected chi connectivity index (χ2v) is 8.82. The van der Waals surface area contributed by atoms with Crippen molar-refractivity contribution < 1.29 is 13.2 Å². The summed E-state index contributed by atoms with van der Waals surface area (Å²) in [6.45, 7) is 0.607. The van der Waals surface area contributed by atoms with Gasteiger partial charge in [-0.05, 0) is 17.9 Å². The highest BCUT2D eigenvalue weighted by molar-refractivity contribution is 8.03. The minimum Gasteiger partial charge on any atom is -0.377 e. The summed E-state index contributed by atoms with van der Waals surface area (Å²) in [5, 5.41) is 0. The van der Waals surface area contributed by atoms with Crippen LogP contribution in [-0.4, -0.2) is 55.6 Å². The number of hydrogen-bond donors (Lipinski definition) is 0. The molecule has 0 amide bonds. The van der Waals surface area contributed by atoms with Crippen LogP contribution in [0.1, 0.15) is 6.42 Å². The van der Waals surface area contributed by atoms with Crippen molar-refractivity contribution >= 4 is 33.4 Å². The molecular weight excluding hydrogens is 264 g/mol. The molecule has 0 spiro atoms. The first-order valence-corrected chi connectivity index (χ1v) is 9.78. The van der Waals surface area contributed by atoms with E-state index in [1.54, 1.807) is 0 Å². The fourth-order valence-electron chi connectivity index (χ4n) is 2.02. The topological polar surface area (TPSA) is 43.4 Å². The van der Waals surface area contributed by atoms with Crippen LogP contribution < -0.4 is 0 Å². The molecule has 3 nitrogen and oxygen atoms in total. The minimum absolute atomic E-state index is 0.0643. The van der Waals surface area contributed by atoms with E-state index in [0.29, 0.717) is 24.7 Å². The van der Waals surface area contributed by atoms with Gasteiger partial charge in [0.1, 0.15) is 0 Å². The summed E-state index contributed by atoms with van der Waals surface area (Å²) in [5.74, 6) is 5.40. The van der Waals surface area contributed by atoms with Crippen molar-refractivity contribution in [1.82, 2.24) is 0 Å². The number of hydrogen-bond acceptors (Lipinski definition) is 5. The first-order valence-electron chi connectivity index (χ1n) is 5.65. The van der Waals surface area contributed by atoms with E-state index in [9.17, 15) is 8.42 Å². The van der Waals surface area contributed by atoms with Gasteiger partial charge in [-0.15, -0.1) is 0 Å². The lowest BCUT2D eigenvalue weighted by Crippen LogP contribution is -2.33. The highest BCUT2D eigenvalue weighted by Gasteiger charge is 2.30. The molecule has 0 aromatic rings. The third-order valence-corrected chi connectivity index (χ3v) is 7.23. The molecule has 6 heteroatoms. The van der Waals surface area contributed by atoms with Gasteiger partial charge >= 0.3 is 0 Å². The van der Waals surface area contributed by atoms with Gasteiger partial charge in [-0.2, -0.15) is 23.5 Å². The van der Waals surface area contributed by atoms with Gasteiger partial charge in [-0.3, -0.25) is 0 Å². The lowest BCUT2D eigenvalue weighted by atomic mass is 10.1. The van der Waals surface area contributed by atoms with Gasteiger partial charge in [-0.1, -0.05) is 0 Å². The van der Waals surface area contributed by atoms with Crippen LogP contribution in [0.2, 0.25) is 0 Å². The highest BCUT2D eigenvalue weighted by atomic mass is 32.2. The van der Waals surface area contributed by atoms with Crippen molar-refractivity contribution in [1.29, 1.82) is 0 Å². The molecule has 94 valence electrons. The van der Waals surface area contributed by atoms with E-state index in [2.05, 4.69) is 0 Å². The fraction of sp³-hybridized carbons (Fsp3) is 1.00. The molecule has 0 aromatic carbocycles. The molecular formula is C10H18O3S3. The fourth-order valence-corrected chi connectivity index (χ4v) is 6.31. The lowest BCUT2D eigenvalue weighted by molar-refractivity contribution is 0.0447. The minimum atomic E-state index is -2.87. The zero-order chi connectivity index (χ0) is 11.4. The Morgan fingerprint density at radius 2 is 1.81 bits per heavy atom. The molecule has 2 saturated heterocycles. The van der Waals surface area contributed by atoms with E-state index in [1.807, 2.05) is 23.5 Å². The van der Waals surface area contributed by atoms with Crippen LogP contribution in [0.25, 0.3) is 0 Å². The summed E-state index contributed by atoms with van der Waals surface area (Å²) in [7, 11) is -2.87. The molecule has 2 heterocycles. The maximum atomic E-state index is 11.7. The maximum Gasteiger partial charge on any atom is 0.152 e. The van der Waals surface area contributed by atoms with Crippen molar-refractivity contribution in [2.45, 2.75) is 12.5 Å². The predicted molar refractivity (Wildman–Crippen MR) is 71.2 cm³/mol. The Labute approximate surface area is 106 Å². The zero-order valence-electron chi connectivity index (χ0n) is 9.26. The van der Waals surface area contributed by atoms with Crippen LogP contribution in [0.4, 0.5) is 0 Å². The number of sulfone groups is 1. The monoisotopic (exact) mass is 282 g/mol. The smallest absolute Gasteiger partial charge is 0.152 e. The summed E-state index contributed by atoms with van der Waals surface area (Å²) >= 11 is 3.86. The van der Waals surface area contributed by atoms with Crippen LogP contribution in [0.15, 0.2) is 0 Å². The van der Waals surface area contributed by atoms with E-state index in [0.717, 1.165) is 11.5 Å². The third kappa shape index (κ3) is 3.82. The Morgan fingerprint density at radius 3 is 2.50 bits per heavy atom. The molecule has 0 saturated carbocycles. The summed E-state index contributed by atoms with van der Waals surface area (Å²) in [6.07, 6.45) is 0.594. The van der Waals surface area contributed by atoms with Crippen LogP contribution in [-0.2, 0) is 14.6 Å². The quantitative estimate of drug-likeness (QED) is 0.725. The number of thioether (sulfide) groups is 2. The van der Waals surface area contributed by atoms with Gasteiger partial charge in [-0.25, -0.2) is 8.42 Å². The first kappa shape index (κ1) is 13.1.